The van der Waals surface area contributed by atoms with Crippen molar-refractivity contribution in [3.05, 3.63) is 53.2 Å². The largest absolute Gasteiger partial charge is 0.465 e. The maximum atomic E-state index is 11.2. The lowest BCUT2D eigenvalue weighted by atomic mass is 9.96. The van der Waals surface area contributed by atoms with Crippen LogP contribution in [-0.2, 0) is 0 Å². The van der Waals surface area contributed by atoms with Crippen LogP contribution >= 0.6 is 11.6 Å². The lowest BCUT2D eigenvalue weighted by molar-refractivity contribution is 0.134. The van der Waals surface area contributed by atoms with Gasteiger partial charge < -0.3 is 21.1 Å². The highest BCUT2D eigenvalue weighted by atomic mass is 35.5. The number of likely N-dealkylation sites (tertiary alicyclic amines) is 1. The zero-order valence-corrected chi connectivity index (χ0v) is 16.9. The van der Waals surface area contributed by atoms with Gasteiger partial charge in [-0.2, -0.15) is 0 Å². The molecular formula is C22H23ClN4O2. The van der Waals surface area contributed by atoms with E-state index in [-0.39, 0.29) is 6.04 Å². The Morgan fingerprint density at radius 2 is 2.03 bits per heavy atom. The number of nitrogen functional groups attached to an aromatic ring is 1. The van der Waals surface area contributed by atoms with E-state index in [4.69, 9.17) is 17.3 Å². The summed E-state index contributed by atoms with van der Waals surface area (Å²) < 4.78 is 0. The maximum absolute atomic E-state index is 11.2. The maximum Gasteiger partial charge on any atom is 0.407 e. The Labute approximate surface area is 174 Å². The first-order valence-corrected chi connectivity index (χ1v) is 9.99. The number of hydrogen-bond acceptors (Lipinski definition) is 4. The van der Waals surface area contributed by atoms with E-state index in [1.54, 1.807) is 6.20 Å². The fourth-order valence-electron chi connectivity index (χ4n) is 3.97. The molecule has 0 unspecified atom stereocenters. The lowest BCUT2D eigenvalue weighted by Crippen LogP contribution is -2.41. The molecular weight excluding hydrogens is 388 g/mol. The van der Waals surface area contributed by atoms with Gasteiger partial charge in [0.1, 0.15) is 5.82 Å². The van der Waals surface area contributed by atoms with Crippen LogP contribution in [0.5, 0.6) is 0 Å². The van der Waals surface area contributed by atoms with E-state index in [1.165, 1.54) is 4.90 Å². The first-order chi connectivity index (χ1) is 13.9. The number of carboxylic acid groups (broad SMARTS) is 1. The monoisotopic (exact) mass is 410 g/mol. The third kappa shape index (κ3) is 3.93. The van der Waals surface area contributed by atoms with Gasteiger partial charge in [-0.25, -0.2) is 9.78 Å². The first-order valence-electron chi connectivity index (χ1n) is 9.61. The minimum atomic E-state index is -0.857. The normalized spacial score (nSPS) is 14.9. The third-order valence-corrected chi connectivity index (χ3v) is 5.81. The van der Waals surface area contributed by atoms with Gasteiger partial charge in [-0.1, -0.05) is 23.7 Å². The summed E-state index contributed by atoms with van der Waals surface area (Å²) in [5, 5.41) is 15.5. The molecule has 1 saturated heterocycles. The van der Waals surface area contributed by atoms with Gasteiger partial charge in [0.05, 0.1) is 0 Å². The molecule has 6 nitrogen and oxygen atoms in total. The van der Waals surface area contributed by atoms with Gasteiger partial charge in [0.25, 0.3) is 0 Å². The van der Waals surface area contributed by atoms with Crippen molar-refractivity contribution in [3.63, 3.8) is 0 Å². The fraction of sp³-hybridized carbons (Fsp3) is 0.273. The molecule has 29 heavy (non-hydrogen) atoms. The van der Waals surface area contributed by atoms with E-state index in [0.29, 0.717) is 23.9 Å². The summed E-state index contributed by atoms with van der Waals surface area (Å²) in [6.45, 7) is 3.09. The summed E-state index contributed by atoms with van der Waals surface area (Å²) in [6.07, 6.45) is 2.43. The van der Waals surface area contributed by atoms with Gasteiger partial charge in [0.2, 0.25) is 0 Å². The average molecular weight is 411 g/mol. The molecule has 2 heterocycles. The van der Waals surface area contributed by atoms with Crippen LogP contribution in [0, 0.1) is 6.92 Å². The molecule has 0 bridgehead atoms. The van der Waals surface area contributed by atoms with E-state index in [0.717, 1.165) is 46.0 Å². The molecule has 0 radical (unpaired) electrons. The lowest BCUT2D eigenvalue weighted by Gasteiger charge is -2.31. The van der Waals surface area contributed by atoms with E-state index < -0.39 is 6.09 Å². The Hall–Kier alpha value is -2.99. The number of piperidine rings is 1. The standard InChI is InChI=1S/C22H23ClN4O2/c1-13-3-2-4-18(23)21(13)14-9-15-12-25-20(24)11-17(15)19(10-14)26-16-5-7-27(8-6-16)22(28)29/h2-4,9-12,16,26H,5-8H2,1H3,(H2,24,25)(H,28,29). The first kappa shape index (κ1) is 19.3. The van der Waals surface area contributed by atoms with Gasteiger partial charge in [0.15, 0.2) is 0 Å². The number of anilines is 2. The van der Waals surface area contributed by atoms with E-state index >= 15 is 0 Å². The quantitative estimate of drug-likeness (QED) is 0.565. The zero-order valence-electron chi connectivity index (χ0n) is 16.2. The van der Waals surface area contributed by atoms with Crippen molar-refractivity contribution < 1.29 is 9.90 Å². The number of rotatable bonds is 3. The van der Waals surface area contributed by atoms with Crippen LogP contribution in [0.3, 0.4) is 0 Å². The number of nitrogens with zero attached hydrogens (tertiary/aromatic N) is 2. The highest BCUT2D eigenvalue weighted by Crippen LogP contribution is 2.37. The number of aromatic nitrogens is 1. The van der Waals surface area contributed by atoms with Crippen molar-refractivity contribution in [1.29, 1.82) is 0 Å². The van der Waals surface area contributed by atoms with Crippen LogP contribution in [0.4, 0.5) is 16.3 Å². The molecule has 7 heteroatoms. The molecule has 0 atom stereocenters. The number of pyridine rings is 1. The molecule has 1 fully saturated rings. The molecule has 150 valence electrons. The zero-order chi connectivity index (χ0) is 20.5. The fourth-order valence-corrected chi connectivity index (χ4v) is 4.30. The number of carbonyl (C=O) groups is 1. The molecule has 4 N–H and O–H groups in total. The van der Waals surface area contributed by atoms with Gasteiger partial charge in [-0.3, -0.25) is 0 Å². The van der Waals surface area contributed by atoms with Crippen molar-refractivity contribution >= 4 is 40.0 Å². The Morgan fingerprint density at radius 3 is 2.72 bits per heavy atom. The van der Waals surface area contributed by atoms with Gasteiger partial charge in [0, 0.05) is 52.4 Å². The van der Waals surface area contributed by atoms with Crippen molar-refractivity contribution in [3.8, 4) is 11.1 Å². The van der Waals surface area contributed by atoms with Crippen LogP contribution in [-0.4, -0.2) is 40.2 Å². The highest BCUT2D eigenvalue weighted by Gasteiger charge is 2.23. The molecule has 3 aromatic rings. The molecule has 2 aromatic carbocycles. The van der Waals surface area contributed by atoms with Crippen molar-refractivity contribution in [2.24, 2.45) is 0 Å². The number of halogens is 1. The SMILES string of the molecule is Cc1cccc(Cl)c1-c1cc(NC2CCN(C(=O)O)CC2)c2cc(N)ncc2c1. The van der Waals surface area contributed by atoms with Crippen LogP contribution in [0.15, 0.2) is 42.6 Å². The second-order valence-electron chi connectivity index (χ2n) is 7.47. The van der Waals surface area contributed by atoms with Crippen LogP contribution in [0.2, 0.25) is 5.02 Å². The molecule has 0 saturated carbocycles. The highest BCUT2D eigenvalue weighted by molar-refractivity contribution is 6.33. The van der Waals surface area contributed by atoms with E-state index in [1.807, 2.05) is 31.2 Å². The Bertz CT molecular complexity index is 1060. The van der Waals surface area contributed by atoms with Gasteiger partial charge >= 0.3 is 6.09 Å². The van der Waals surface area contributed by atoms with Crippen molar-refractivity contribution in [2.45, 2.75) is 25.8 Å². The van der Waals surface area contributed by atoms with Crippen LogP contribution in [0.1, 0.15) is 18.4 Å². The Balaban J connectivity index is 1.74. The topological polar surface area (TPSA) is 91.5 Å². The number of amides is 1. The molecule has 1 aliphatic rings. The number of nitrogens with two attached hydrogens (primary N) is 1. The molecule has 1 aliphatic heterocycles. The second kappa shape index (κ2) is 7.79. The number of nitrogens with one attached hydrogen (secondary N) is 1. The van der Waals surface area contributed by atoms with Crippen molar-refractivity contribution in [1.82, 2.24) is 9.88 Å². The molecule has 4 rings (SSSR count). The van der Waals surface area contributed by atoms with Gasteiger partial charge in [-0.05, 0) is 55.2 Å². The molecule has 1 amide bonds. The van der Waals surface area contributed by atoms with E-state index in [2.05, 4.69) is 22.4 Å². The van der Waals surface area contributed by atoms with Crippen molar-refractivity contribution in [2.75, 3.05) is 24.1 Å². The summed E-state index contributed by atoms with van der Waals surface area (Å²) in [5.74, 6) is 0.461. The van der Waals surface area contributed by atoms with Crippen LogP contribution in [0.25, 0.3) is 21.9 Å². The summed E-state index contributed by atoms with van der Waals surface area (Å²) >= 11 is 6.51. The van der Waals surface area contributed by atoms with Gasteiger partial charge in [-0.15, -0.1) is 0 Å². The number of hydrogen-bond donors (Lipinski definition) is 3. The summed E-state index contributed by atoms with van der Waals surface area (Å²) in [5.41, 5.74) is 10.0. The molecule has 0 spiro atoms. The van der Waals surface area contributed by atoms with E-state index in [9.17, 15) is 9.90 Å². The molecule has 1 aromatic heterocycles. The third-order valence-electron chi connectivity index (χ3n) is 5.49. The predicted molar refractivity (Wildman–Crippen MR) is 118 cm³/mol. The molecule has 0 aliphatic carbocycles. The Morgan fingerprint density at radius 1 is 1.28 bits per heavy atom. The Kier molecular flexibility index (Phi) is 5.20. The summed E-state index contributed by atoms with van der Waals surface area (Å²) in [4.78, 5) is 16.9. The summed E-state index contributed by atoms with van der Waals surface area (Å²) in [6, 6.07) is 12.1. The minimum absolute atomic E-state index is 0.186. The number of benzene rings is 2. The summed E-state index contributed by atoms with van der Waals surface area (Å²) in [7, 11) is 0. The van der Waals surface area contributed by atoms with Crippen LogP contribution < -0.4 is 11.1 Å². The smallest absolute Gasteiger partial charge is 0.407 e. The minimum Gasteiger partial charge on any atom is -0.465 e. The number of aryl methyl sites for hydroxylation is 1. The second-order valence-corrected chi connectivity index (χ2v) is 7.88. The average Bonchev–Trinajstić information content (AvgIpc) is 2.69. The predicted octanol–water partition coefficient (Wildman–Crippen LogP) is 5.00. The number of fused-ring (bicyclic) bond motifs is 1.